The first-order valence-electron chi connectivity index (χ1n) is 12.4. The van der Waals surface area contributed by atoms with E-state index < -0.39 is 17.2 Å². The molecule has 0 spiro atoms. The van der Waals surface area contributed by atoms with E-state index >= 15 is 0 Å². The first-order chi connectivity index (χ1) is 18.7. The maximum atomic E-state index is 13.2. The Kier molecular flexibility index (Phi) is 6.93. The monoisotopic (exact) mass is 528 g/mol. The second kappa shape index (κ2) is 10.5. The Morgan fingerprint density at radius 3 is 2.15 bits per heavy atom. The number of fused-ring (bicyclic) bond motifs is 1. The molecule has 2 aromatic heterocycles. The predicted octanol–water partition coefficient (Wildman–Crippen LogP) is 3.41. The Morgan fingerprint density at radius 2 is 1.56 bits per heavy atom. The number of ether oxygens (including phenoxy) is 1. The van der Waals surface area contributed by atoms with Crippen LogP contribution in [0.5, 0.6) is 11.5 Å². The number of nitrogens with zero attached hydrogens (tertiary/aromatic N) is 1. The van der Waals surface area contributed by atoms with E-state index in [1.54, 1.807) is 48.5 Å². The molecule has 1 saturated carbocycles. The van der Waals surface area contributed by atoms with Gasteiger partial charge in [-0.25, -0.2) is 9.37 Å². The lowest BCUT2D eigenvalue weighted by molar-refractivity contribution is -0.134. The van der Waals surface area contributed by atoms with Crippen molar-refractivity contribution in [2.45, 2.75) is 25.7 Å². The molecular formula is C29H25FN4O5. The number of amides is 2. The molecule has 0 saturated heterocycles. The number of hydrogen-bond acceptors (Lipinski definition) is 6. The topological polar surface area (TPSA) is 144 Å². The molecule has 5 rings (SSSR count). The number of carbonyl (C=O) groups excluding carboxylic acids is 4. The Balaban J connectivity index is 1.23. The first kappa shape index (κ1) is 25.8. The van der Waals surface area contributed by atoms with Crippen LogP contribution in [0.25, 0.3) is 11.0 Å². The summed E-state index contributed by atoms with van der Waals surface area (Å²) in [6.45, 7) is -0.288. The number of benzene rings is 2. The van der Waals surface area contributed by atoms with Crippen molar-refractivity contribution >= 4 is 34.4 Å². The number of primary amides is 1. The molecule has 1 aliphatic carbocycles. The smallest absolute Gasteiger partial charge is 0.268 e. The van der Waals surface area contributed by atoms with Crippen LogP contribution in [0, 0.1) is 11.2 Å². The summed E-state index contributed by atoms with van der Waals surface area (Å²) >= 11 is 0. The van der Waals surface area contributed by atoms with Crippen LogP contribution in [0.2, 0.25) is 0 Å². The maximum absolute atomic E-state index is 13.2. The molecule has 10 heteroatoms. The summed E-state index contributed by atoms with van der Waals surface area (Å²) in [5.41, 5.74) is 6.19. The molecule has 39 heavy (non-hydrogen) atoms. The van der Waals surface area contributed by atoms with Gasteiger partial charge in [-0.2, -0.15) is 0 Å². The van der Waals surface area contributed by atoms with Gasteiger partial charge in [-0.3, -0.25) is 19.2 Å². The van der Waals surface area contributed by atoms with Crippen LogP contribution in [0.15, 0.2) is 66.9 Å². The van der Waals surface area contributed by atoms with Gasteiger partial charge in [0.15, 0.2) is 11.6 Å². The van der Waals surface area contributed by atoms with Crippen LogP contribution < -0.4 is 15.8 Å². The number of nitrogens with two attached hydrogens (primary N) is 1. The molecule has 0 atom stereocenters. The van der Waals surface area contributed by atoms with Gasteiger partial charge in [0.1, 0.15) is 28.7 Å². The van der Waals surface area contributed by atoms with Crippen LogP contribution in [-0.4, -0.2) is 39.9 Å². The lowest BCUT2D eigenvalue weighted by Gasteiger charge is -2.13. The summed E-state index contributed by atoms with van der Waals surface area (Å²) in [5.74, 6) is -0.812. The van der Waals surface area contributed by atoms with E-state index in [0.29, 0.717) is 40.9 Å². The second-order valence-corrected chi connectivity index (χ2v) is 9.56. The third-order valence-electron chi connectivity index (χ3n) is 6.77. The number of carbonyl (C=O) groups is 4. The minimum absolute atomic E-state index is 0.104. The van der Waals surface area contributed by atoms with E-state index in [0.717, 1.165) is 5.56 Å². The number of rotatable bonds is 11. The van der Waals surface area contributed by atoms with E-state index in [9.17, 15) is 23.6 Å². The van der Waals surface area contributed by atoms with Gasteiger partial charge in [-0.05, 0) is 60.4 Å². The van der Waals surface area contributed by atoms with Crippen molar-refractivity contribution in [1.82, 2.24) is 15.3 Å². The summed E-state index contributed by atoms with van der Waals surface area (Å²) < 4.78 is 19.2. The summed E-state index contributed by atoms with van der Waals surface area (Å²) in [5, 5.41) is 2.98. The van der Waals surface area contributed by atoms with Crippen molar-refractivity contribution in [3.63, 3.8) is 0 Å². The van der Waals surface area contributed by atoms with E-state index in [4.69, 9.17) is 10.5 Å². The number of H-pyrrole nitrogens is 1. The maximum Gasteiger partial charge on any atom is 0.268 e. The third kappa shape index (κ3) is 5.69. The molecule has 0 aliphatic heterocycles. The fraction of sp³-hybridized carbons (Fsp3) is 0.207. The van der Waals surface area contributed by atoms with Gasteiger partial charge in [-0.15, -0.1) is 0 Å². The molecule has 2 heterocycles. The molecule has 1 aliphatic rings. The summed E-state index contributed by atoms with van der Waals surface area (Å²) in [4.78, 5) is 56.2. The van der Waals surface area contributed by atoms with E-state index in [2.05, 4.69) is 15.3 Å². The molecular weight excluding hydrogens is 503 g/mol. The standard InChI is InChI=1S/C29H25FN4O5/c30-19-5-1-17(2-6-19)13-24(35)29(10-11-29)25(36)14-18-3-7-20(8-4-18)39-23-9-12-32-27-21(23)15-22(34-27)28(38)33-16-26(31)37/h1-9,12,15H,10-11,13-14,16H2,(H2,31,37)(H,32,34)(H,33,38). The van der Waals surface area contributed by atoms with Crippen LogP contribution in [-0.2, 0) is 27.2 Å². The van der Waals surface area contributed by atoms with Crippen LogP contribution in [0.3, 0.4) is 0 Å². The molecule has 0 radical (unpaired) electrons. The zero-order chi connectivity index (χ0) is 27.6. The van der Waals surface area contributed by atoms with Crippen molar-refractivity contribution in [2.75, 3.05) is 6.54 Å². The number of pyridine rings is 1. The fourth-order valence-electron chi connectivity index (χ4n) is 4.43. The van der Waals surface area contributed by atoms with Gasteiger partial charge in [0.25, 0.3) is 5.91 Å². The number of halogens is 1. The van der Waals surface area contributed by atoms with Gasteiger partial charge in [0.2, 0.25) is 5.91 Å². The van der Waals surface area contributed by atoms with Gasteiger partial charge in [0, 0.05) is 19.0 Å². The number of hydrogen-bond donors (Lipinski definition) is 3. The molecule has 9 nitrogen and oxygen atoms in total. The van der Waals surface area contributed by atoms with Gasteiger partial charge in [-0.1, -0.05) is 24.3 Å². The van der Waals surface area contributed by atoms with Crippen LogP contribution in [0.1, 0.15) is 34.5 Å². The normalized spacial score (nSPS) is 13.6. The van der Waals surface area contributed by atoms with Crippen molar-refractivity contribution in [3.05, 3.63) is 89.5 Å². The van der Waals surface area contributed by atoms with E-state index in [1.807, 2.05) is 0 Å². The highest BCUT2D eigenvalue weighted by molar-refractivity contribution is 6.11. The first-order valence-corrected chi connectivity index (χ1v) is 12.4. The quantitative estimate of drug-likeness (QED) is 0.255. The van der Waals surface area contributed by atoms with Crippen molar-refractivity contribution in [3.8, 4) is 11.5 Å². The molecule has 1 fully saturated rings. The zero-order valence-corrected chi connectivity index (χ0v) is 20.8. The molecule has 4 aromatic rings. The van der Waals surface area contributed by atoms with Gasteiger partial charge >= 0.3 is 0 Å². The molecule has 198 valence electrons. The SMILES string of the molecule is NC(=O)CNC(=O)c1cc2c(Oc3ccc(CC(=O)C4(C(=O)Cc5ccc(F)cc5)CC4)cc3)ccnc2[nH]1. The minimum Gasteiger partial charge on any atom is -0.457 e. The number of aromatic amines is 1. The zero-order valence-electron chi connectivity index (χ0n) is 20.8. The molecule has 0 unspecified atom stereocenters. The van der Waals surface area contributed by atoms with Crippen LogP contribution in [0.4, 0.5) is 4.39 Å². The lowest BCUT2D eigenvalue weighted by atomic mass is 9.88. The van der Waals surface area contributed by atoms with Crippen molar-refractivity contribution in [2.24, 2.45) is 11.1 Å². The fourth-order valence-corrected chi connectivity index (χ4v) is 4.43. The molecule has 2 amide bonds. The highest BCUT2D eigenvalue weighted by atomic mass is 19.1. The van der Waals surface area contributed by atoms with Crippen molar-refractivity contribution < 1.29 is 28.3 Å². The van der Waals surface area contributed by atoms with E-state index in [-0.39, 0.29) is 42.5 Å². The Labute approximate surface area is 222 Å². The molecule has 0 bridgehead atoms. The molecule has 4 N–H and O–H groups in total. The predicted molar refractivity (Wildman–Crippen MR) is 140 cm³/mol. The highest BCUT2D eigenvalue weighted by Gasteiger charge is 2.54. The Bertz CT molecular complexity index is 1570. The lowest BCUT2D eigenvalue weighted by Crippen LogP contribution is -2.33. The average Bonchev–Trinajstić information content (AvgIpc) is 3.62. The third-order valence-corrected chi connectivity index (χ3v) is 6.77. The van der Waals surface area contributed by atoms with Crippen LogP contribution >= 0.6 is 0 Å². The Hall–Kier alpha value is -4.86. The van der Waals surface area contributed by atoms with Gasteiger partial charge < -0.3 is 20.8 Å². The van der Waals surface area contributed by atoms with E-state index in [1.165, 1.54) is 18.3 Å². The molecule has 2 aromatic carbocycles. The summed E-state index contributed by atoms with van der Waals surface area (Å²) in [6, 6.07) is 16.0. The second-order valence-electron chi connectivity index (χ2n) is 9.56. The highest BCUT2D eigenvalue weighted by Crippen LogP contribution is 2.48. The number of nitrogens with one attached hydrogen (secondary N) is 2. The minimum atomic E-state index is -0.956. The Morgan fingerprint density at radius 1 is 0.949 bits per heavy atom. The van der Waals surface area contributed by atoms with Crippen molar-refractivity contribution in [1.29, 1.82) is 0 Å². The average molecular weight is 529 g/mol. The number of aromatic nitrogens is 2. The largest absolute Gasteiger partial charge is 0.457 e. The summed E-state index contributed by atoms with van der Waals surface area (Å²) in [7, 11) is 0. The summed E-state index contributed by atoms with van der Waals surface area (Å²) in [6.07, 6.45) is 2.82. The number of Topliss-reactive ketones (excluding diaryl/α,β-unsaturated/α-hetero) is 2. The number of ketones is 2. The van der Waals surface area contributed by atoms with Gasteiger partial charge in [0.05, 0.1) is 17.3 Å².